The zero-order chi connectivity index (χ0) is 22.6. The van der Waals surface area contributed by atoms with Crippen molar-refractivity contribution in [3.8, 4) is 11.1 Å². The van der Waals surface area contributed by atoms with E-state index < -0.39 is 10.0 Å². The van der Waals surface area contributed by atoms with E-state index in [0.29, 0.717) is 0 Å². The molecule has 1 heterocycles. The summed E-state index contributed by atoms with van der Waals surface area (Å²) in [5.74, 6) is 0. The second-order valence-electron chi connectivity index (χ2n) is 7.41. The number of sulfonamides is 1. The van der Waals surface area contributed by atoms with Gasteiger partial charge in [0.25, 0.3) is 0 Å². The van der Waals surface area contributed by atoms with Crippen molar-refractivity contribution in [3.05, 3.63) is 113 Å². The Morgan fingerprint density at radius 3 is 1.97 bits per heavy atom. The molecule has 0 unspecified atom stereocenters. The molecule has 0 radical (unpaired) electrons. The highest BCUT2D eigenvalue weighted by atomic mass is 79.9. The topological polar surface area (TPSA) is 76.3 Å². The summed E-state index contributed by atoms with van der Waals surface area (Å²) in [4.78, 5) is 4.38. The zero-order valence-corrected chi connectivity index (χ0v) is 19.6. The van der Waals surface area contributed by atoms with Gasteiger partial charge in [-0.15, -0.1) is 0 Å². The Labute approximate surface area is 196 Å². The number of halogens is 1. The summed E-state index contributed by atoms with van der Waals surface area (Å²) in [5.41, 5.74) is 10.3. The molecule has 0 aliphatic rings. The van der Waals surface area contributed by atoms with Crippen LogP contribution in [0.1, 0.15) is 11.1 Å². The van der Waals surface area contributed by atoms with E-state index in [4.69, 9.17) is 5.73 Å². The quantitative estimate of drug-likeness (QED) is 0.335. The first-order valence-electron chi connectivity index (χ1n) is 10.0. The van der Waals surface area contributed by atoms with Crippen LogP contribution in [-0.4, -0.2) is 17.7 Å². The van der Waals surface area contributed by atoms with E-state index in [1.165, 1.54) is 4.31 Å². The first-order chi connectivity index (χ1) is 15.4. The number of anilines is 1. The molecule has 7 heteroatoms. The fourth-order valence-corrected chi connectivity index (χ4v) is 5.04. The van der Waals surface area contributed by atoms with Crippen LogP contribution < -0.4 is 5.73 Å². The van der Waals surface area contributed by atoms with Crippen molar-refractivity contribution in [3.63, 3.8) is 0 Å². The molecule has 3 aromatic carbocycles. The molecule has 0 bridgehead atoms. The van der Waals surface area contributed by atoms with Crippen LogP contribution in [0.15, 0.2) is 107 Å². The number of hydrogen-bond acceptors (Lipinski definition) is 4. The minimum atomic E-state index is -3.71. The Morgan fingerprint density at radius 2 is 1.38 bits per heavy atom. The molecule has 0 aliphatic heterocycles. The third-order valence-electron chi connectivity index (χ3n) is 5.09. The van der Waals surface area contributed by atoms with Crippen molar-refractivity contribution < 1.29 is 8.42 Å². The summed E-state index contributed by atoms with van der Waals surface area (Å²) < 4.78 is 29.2. The molecule has 162 valence electrons. The van der Waals surface area contributed by atoms with Gasteiger partial charge in [0.1, 0.15) is 0 Å². The molecule has 32 heavy (non-hydrogen) atoms. The lowest BCUT2D eigenvalue weighted by molar-refractivity contribution is 0.400. The number of pyridine rings is 1. The highest BCUT2D eigenvalue weighted by molar-refractivity contribution is 9.10. The van der Waals surface area contributed by atoms with Crippen LogP contribution in [0.3, 0.4) is 0 Å². The van der Waals surface area contributed by atoms with E-state index in [1.54, 1.807) is 42.7 Å². The largest absolute Gasteiger partial charge is 0.399 e. The fourth-order valence-electron chi connectivity index (χ4n) is 3.36. The summed E-state index contributed by atoms with van der Waals surface area (Å²) in [5, 5.41) is 0. The average molecular weight is 508 g/mol. The van der Waals surface area contributed by atoms with Crippen molar-refractivity contribution >= 4 is 31.6 Å². The lowest BCUT2D eigenvalue weighted by Gasteiger charge is -2.22. The Bertz CT molecular complexity index is 1280. The summed E-state index contributed by atoms with van der Waals surface area (Å²) in [7, 11) is -3.71. The van der Waals surface area contributed by atoms with Gasteiger partial charge in [-0.2, -0.15) is 4.31 Å². The van der Waals surface area contributed by atoms with Crippen molar-refractivity contribution in [1.29, 1.82) is 0 Å². The fraction of sp³-hybridized carbons (Fsp3) is 0.0800. The Hall–Kier alpha value is -3.00. The van der Waals surface area contributed by atoms with E-state index >= 15 is 0 Å². The molecule has 0 saturated heterocycles. The number of hydrogen-bond donors (Lipinski definition) is 1. The summed E-state index contributed by atoms with van der Waals surface area (Å²) in [6.07, 6.45) is 3.36. The highest BCUT2D eigenvalue weighted by Gasteiger charge is 2.25. The predicted octanol–water partition coefficient (Wildman–Crippen LogP) is 5.48. The lowest BCUT2D eigenvalue weighted by atomic mass is 10.0. The Morgan fingerprint density at radius 1 is 0.781 bits per heavy atom. The standard InChI is InChI=1S/C25H22BrN3O2S/c26-23-9-13-25(14-10-23)32(30,31)29(18-20-2-1-15-28-16-20)17-19-3-5-21(6-4-19)22-7-11-24(27)12-8-22/h1-16H,17-18,27H2. The van der Waals surface area contributed by atoms with Gasteiger partial charge >= 0.3 is 0 Å². The van der Waals surface area contributed by atoms with Crippen LogP contribution in [0.25, 0.3) is 11.1 Å². The van der Waals surface area contributed by atoms with Gasteiger partial charge in [0.05, 0.1) is 4.90 Å². The van der Waals surface area contributed by atoms with E-state index in [1.807, 2.05) is 54.6 Å². The number of benzene rings is 3. The first kappa shape index (κ1) is 22.2. The molecule has 0 fully saturated rings. The predicted molar refractivity (Wildman–Crippen MR) is 131 cm³/mol. The SMILES string of the molecule is Nc1ccc(-c2ccc(CN(Cc3cccnc3)S(=O)(=O)c3ccc(Br)cc3)cc2)cc1. The maximum atomic E-state index is 13.5. The molecule has 2 N–H and O–H groups in total. The van der Waals surface area contributed by atoms with Gasteiger partial charge in [-0.1, -0.05) is 58.4 Å². The van der Waals surface area contributed by atoms with E-state index in [0.717, 1.165) is 32.4 Å². The van der Waals surface area contributed by atoms with Crippen molar-refractivity contribution in [2.75, 3.05) is 5.73 Å². The van der Waals surface area contributed by atoms with Gasteiger partial charge in [0, 0.05) is 35.6 Å². The van der Waals surface area contributed by atoms with Gasteiger partial charge in [0.15, 0.2) is 0 Å². The molecule has 1 aromatic heterocycles. The molecule has 0 atom stereocenters. The van der Waals surface area contributed by atoms with Crippen LogP contribution in [0, 0.1) is 0 Å². The number of rotatable bonds is 7. The smallest absolute Gasteiger partial charge is 0.243 e. The molecular formula is C25H22BrN3O2S. The van der Waals surface area contributed by atoms with E-state index in [9.17, 15) is 8.42 Å². The van der Waals surface area contributed by atoms with Gasteiger partial charge in [0.2, 0.25) is 10.0 Å². The van der Waals surface area contributed by atoms with Crippen molar-refractivity contribution in [2.24, 2.45) is 0 Å². The molecule has 4 rings (SSSR count). The molecule has 0 aliphatic carbocycles. The number of nitrogens with two attached hydrogens (primary N) is 1. The first-order valence-corrected chi connectivity index (χ1v) is 12.2. The zero-order valence-electron chi connectivity index (χ0n) is 17.2. The minimum Gasteiger partial charge on any atom is -0.399 e. The van der Waals surface area contributed by atoms with Crippen LogP contribution >= 0.6 is 15.9 Å². The third kappa shape index (κ3) is 5.24. The van der Waals surface area contributed by atoms with E-state index in [-0.39, 0.29) is 18.0 Å². The van der Waals surface area contributed by atoms with Crippen LogP contribution in [0.2, 0.25) is 0 Å². The second kappa shape index (κ2) is 9.65. The number of nitrogens with zero attached hydrogens (tertiary/aromatic N) is 2. The molecular weight excluding hydrogens is 486 g/mol. The molecule has 0 saturated carbocycles. The van der Waals surface area contributed by atoms with Crippen molar-refractivity contribution in [2.45, 2.75) is 18.0 Å². The highest BCUT2D eigenvalue weighted by Crippen LogP contribution is 2.25. The van der Waals surface area contributed by atoms with Crippen molar-refractivity contribution in [1.82, 2.24) is 9.29 Å². The van der Waals surface area contributed by atoms with E-state index in [2.05, 4.69) is 20.9 Å². The Balaban J connectivity index is 1.62. The van der Waals surface area contributed by atoms with Gasteiger partial charge in [-0.3, -0.25) is 4.98 Å². The van der Waals surface area contributed by atoms with Crippen LogP contribution in [0.4, 0.5) is 5.69 Å². The lowest BCUT2D eigenvalue weighted by Crippen LogP contribution is -2.30. The monoisotopic (exact) mass is 507 g/mol. The van der Waals surface area contributed by atoms with Gasteiger partial charge in [-0.25, -0.2) is 8.42 Å². The minimum absolute atomic E-state index is 0.228. The van der Waals surface area contributed by atoms with Crippen LogP contribution in [-0.2, 0) is 23.1 Å². The van der Waals surface area contributed by atoms with Gasteiger partial charge < -0.3 is 5.73 Å². The molecule has 4 aromatic rings. The number of nitrogen functional groups attached to an aromatic ring is 1. The van der Waals surface area contributed by atoms with Gasteiger partial charge in [-0.05, 0) is 64.7 Å². The molecule has 0 spiro atoms. The maximum absolute atomic E-state index is 13.5. The third-order valence-corrected chi connectivity index (χ3v) is 7.42. The summed E-state index contributed by atoms with van der Waals surface area (Å²) >= 11 is 3.36. The number of aromatic nitrogens is 1. The molecule has 5 nitrogen and oxygen atoms in total. The summed E-state index contributed by atoms with van der Waals surface area (Å²) in [6.45, 7) is 0.473. The molecule has 0 amide bonds. The van der Waals surface area contributed by atoms with Crippen LogP contribution in [0.5, 0.6) is 0 Å². The maximum Gasteiger partial charge on any atom is 0.243 e. The second-order valence-corrected chi connectivity index (χ2v) is 10.3. The summed E-state index contributed by atoms with van der Waals surface area (Å²) in [6, 6.07) is 25.9. The Kier molecular flexibility index (Phi) is 6.69. The normalized spacial score (nSPS) is 11.6. The average Bonchev–Trinajstić information content (AvgIpc) is 2.81.